The second-order valence-electron chi connectivity index (χ2n) is 5.98. The summed E-state index contributed by atoms with van der Waals surface area (Å²) in [4.78, 5) is 18.6. The summed E-state index contributed by atoms with van der Waals surface area (Å²) in [6, 6.07) is 1.97. The number of halogens is 1. The summed E-state index contributed by atoms with van der Waals surface area (Å²) in [6.07, 6.45) is 0. The molecule has 1 saturated heterocycles. The van der Waals surface area contributed by atoms with Crippen LogP contribution in [0.5, 0.6) is 0 Å². The number of methoxy groups -OCH3 is 1. The molecule has 1 aromatic heterocycles. The predicted octanol–water partition coefficient (Wildman–Crippen LogP) is 2.10. The van der Waals surface area contributed by atoms with Crippen LogP contribution in [0.3, 0.4) is 0 Å². The zero-order chi connectivity index (χ0) is 14.9. The third-order valence-electron chi connectivity index (χ3n) is 3.67. The van der Waals surface area contributed by atoms with E-state index in [9.17, 15) is 4.79 Å². The quantitative estimate of drug-likeness (QED) is 0.847. The van der Waals surface area contributed by atoms with Crippen molar-refractivity contribution in [3.63, 3.8) is 0 Å². The predicted molar refractivity (Wildman–Crippen MR) is 86.6 cm³/mol. The highest BCUT2D eigenvalue weighted by Crippen LogP contribution is 2.23. The Bertz CT molecular complexity index is 509. The van der Waals surface area contributed by atoms with Gasteiger partial charge in [-0.1, -0.05) is 0 Å². The number of nitrogens with one attached hydrogen (secondary N) is 1. The number of aromatic nitrogens is 1. The Morgan fingerprint density at radius 2 is 2.10 bits per heavy atom. The number of ether oxygens (including phenoxy) is 1. The summed E-state index contributed by atoms with van der Waals surface area (Å²) in [5.74, 6) is 0.613. The lowest BCUT2D eigenvalue weighted by atomic mass is 10.0. The molecule has 0 unspecified atom stereocenters. The fraction of sp³-hybridized carbons (Fsp3) is 0.600. The molecule has 0 saturated carbocycles. The van der Waals surface area contributed by atoms with E-state index < -0.39 is 0 Å². The number of carbonyl (C=O) groups is 1. The van der Waals surface area contributed by atoms with Gasteiger partial charge >= 0.3 is 5.97 Å². The number of nitrogens with zero attached hydrogens (tertiary/aromatic N) is 2. The highest BCUT2D eigenvalue weighted by atomic mass is 35.5. The normalized spacial score (nSPS) is 17.1. The SMILES string of the molecule is COC(=O)c1c(C)cc(N2CCNC(C)(C)C2)nc1C.Cl. The molecule has 0 spiro atoms. The van der Waals surface area contributed by atoms with Gasteiger partial charge in [-0.25, -0.2) is 9.78 Å². The van der Waals surface area contributed by atoms with Gasteiger partial charge in [0.2, 0.25) is 0 Å². The van der Waals surface area contributed by atoms with Crippen molar-refractivity contribution in [2.75, 3.05) is 31.6 Å². The summed E-state index contributed by atoms with van der Waals surface area (Å²) >= 11 is 0. The Hall–Kier alpha value is -1.33. The molecule has 0 aromatic carbocycles. The van der Waals surface area contributed by atoms with Gasteiger partial charge in [0.15, 0.2) is 0 Å². The van der Waals surface area contributed by atoms with Crippen molar-refractivity contribution < 1.29 is 9.53 Å². The number of hydrogen-bond acceptors (Lipinski definition) is 5. The second kappa shape index (κ2) is 6.62. The number of piperazine rings is 1. The van der Waals surface area contributed by atoms with Gasteiger partial charge in [0, 0.05) is 25.2 Å². The standard InChI is InChI=1S/C15H23N3O2.ClH/c1-10-8-12(17-11(2)13(10)14(19)20-5)18-7-6-16-15(3,4)9-18;/h8,16H,6-7,9H2,1-5H3;1H. The van der Waals surface area contributed by atoms with Crippen LogP contribution in [0.2, 0.25) is 0 Å². The van der Waals surface area contributed by atoms with Gasteiger partial charge in [-0.3, -0.25) is 0 Å². The lowest BCUT2D eigenvalue weighted by Gasteiger charge is -2.40. The molecule has 6 heteroatoms. The van der Waals surface area contributed by atoms with Crippen LogP contribution in [0.25, 0.3) is 0 Å². The monoisotopic (exact) mass is 313 g/mol. The summed E-state index contributed by atoms with van der Waals surface area (Å²) in [5.41, 5.74) is 2.28. The van der Waals surface area contributed by atoms with Gasteiger partial charge in [0.1, 0.15) is 5.82 Å². The number of carbonyl (C=O) groups excluding carboxylic acids is 1. The maximum atomic E-state index is 11.8. The van der Waals surface area contributed by atoms with E-state index in [1.807, 2.05) is 19.9 Å². The number of pyridine rings is 1. The highest BCUT2D eigenvalue weighted by Gasteiger charge is 2.27. The second-order valence-corrected chi connectivity index (χ2v) is 5.98. The van der Waals surface area contributed by atoms with Crippen LogP contribution in [0.15, 0.2) is 6.07 Å². The van der Waals surface area contributed by atoms with Gasteiger partial charge in [0.25, 0.3) is 0 Å². The molecule has 2 heterocycles. The van der Waals surface area contributed by atoms with E-state index >= 15 is 0 Å². The lowest BCUT2D eigenvalue weighted by Crippen LogP contribution is -2.57. The zero-order valence-electron chi connectivity index (χ0n) is 13.3. The first-order valence-corrected chi connectivity index (χ1v) is 6.90. The van der Waals surface area contributed by atoms with E-state index in [1.54, 1.807) is 0 Å². The van der Waals surface area contributed by atoms with E-state index in [2.05, 4.69) is 29.0 Å². The van der Waals surface area contributed by atoms with Gasteiger partial charge in [-0.05, 0) is 39.3 Å². The van der Waals surface area contributed by atoms with Crippen LogP contribution in [-0.4, -0.2) is 43.2 Å². The highest BCUT2D eigenvalue weighted by molar-refractivity contribution is 5.92. The van der Waals surface area contributed by atoms with Crippen molar-refractivity contribution in [1.82, 2.24) is 10.3 Å². The molecule has 1 aliphatic rings. The van der Waals surface area contributed by atoms with Crippen LogP contribution in [0.4, 0.5) is 5.82 Å². The maximum Gasteiger partial charge on any atom is 0.339 e. The number of anilines is 1. The van der Waals surface area contributed by atoms with Crippen molar-refractivity contribution >= 4 is 24.2 Å². The van der Waals surface area contributed by atoms with Crippen LogP contribution < -0.4 is 10.2 Å². The van der Waals surface area contributed by atoms with Crippen LogP contribution in [0.1, 0.15) is 35.5 Å². The fourth-order valence-corrected chi connectivity index (χ4v) is 2.72. The molecular weight excluding hydrogens is 290 g/mol. The first kappa shape index (κ1) is 17.7. The first-order valence-electron chi connectivity index (χ1n) is 6.90. The zero-order valence-corrected chi connectivity index (χ0v) is 14.1. The summed E-state index contributed by atoms with van der Waals surface area (Å²) in [5, 5.41) is 3.48. The smallest absolute Gasteiger partial charge is 0.339 e. The molecule has 0 atom stereocenters. The molecule has 5 nitrogen and oxygen atoms in total. The van der Waals surface area contributed by atoms with Crippen LogP contribution in [0, 0.1) is 13.8 Å². The molecular formula is C15H24ClN3O2. The van der Waals surface area contributed by atoms with E-state index in [0.29, 0.717) is 5.56 Å². The average Bonchev–Trinajstić information content (AvgIpc) is 2.36. The molecule has 0 amide bonds. The molecule has 0 radical (unpaired) electrons. The molecule has 0 aliphatic carbocycles. The van der Waals surface area contributed by atoms with Crippen molar-refractivity contribution in [2.45, 2.75) is 33.2 Å². The molecule has 1 N–H and O–H groups in total. The number of hydrogen-bond donors (Lipinski definition) is 1. The minimum Gasteiger partial charge on any atom is -0.465 e. The Morgan fingerprint density at radius 1 is 1.43 bits per heavy atom. The maximum absolute atomic E-state index is 11.8. The Kier molecular flexibility index (Phi) is 5.59. The van der Waals surface area contributed by atoms with E-state index in [1.165, 1.54) is 7.11 Å². The minimum absolute atomic E-state index is 0. The number of aryl methyl sites for hydroxylation is 2. The molecule has 1 fully saturated rings. The lowest BCUT2D eigenvalue weighted by molar-refractivity contribution is 0.0598. The average molecular weight is 314 g/mol. The third-order valence-corrected chi connectivity index (χ3v) is 3.67. The molecule has 0 bridgehead atoms. The van der Waals surface area contributed by atoms with E-state index in [4.69, 9.17) is 4.74 Å². The molecule has 1 aliphatic heterocycles. The molecule has 2 rings (SSSR count). The first-order chi connectivity index (χ1) is 9.34. The molecule has 1 aromatic rings. The van der Waals surface area contributed by atoms with Crippen molar-refractivity contribution in [3.05, 3.63) is 22.9 Å². The molecule has 118 valence electrons. The van der Waals surface area contributed by atoms with Crippen molar-refractivity contribution in [1.29, 1.82) is 0 Å². The summed E-state index contributed by atoms with van der Waals surface area (Å²) in [7, 11) is 1.40. The Labute approximate surface area is 132 Å². The van der Waals surface area contributed by atoms with Gasteiger partial charge in [0.05, 0.1) is 18.4 Å². The van der Waals surface area contributed by atoms with Crippen LogP contribution in [-0.2, 0) is 4.74 Å². The minimum atomic E-state index is -0.320. The fourth-order valence-electron chi connectivity index (χ4n) is 2.72. The Balaban J connectivity index is 0.00000220. The summed E-state index contributed by atoms with van der Waals surface area (Å²) < 4.78 is 4.81. The topological polar surface area (TPSA) is 54.5 Å². The van der Waals surface area contributed by atoms with E-state index in [0.717, 1.165) is 36.7 Å². The summed E-state index contributed by atoms with van der Waals surface area (Å²) in [6.45, 7) is 10.9. The Morgan fingerprint density at radius 3 is 2.62 bits per heavy atom. The number of rotatable bonds is 2. The van der Waals surface area contributed by atoms with Gasteiger partial charge in [-0.2, -0.15) is 0 Å². The third kappa shape index (κ3) is 3.86. The number of esters is 1. The molecule has 21 heavy (non-hydrogen) atoms. The van der Waals surface area contributed by atoms with Gasteiger partial charge < -0.3 is 15.0 Å². The van der Waals surface area contributed by atoms with Gasteiger partial charge in [-0.15, -0.1) is 12.4 Å². The van der Waals surface area contributed by atoms with Crippen LogP contribution >= 0.6 is 12.4 Å². The largest absolute Gasteiger partial charge is 0.465 e. The van der Waals surface area contributed by atoms with Crippen molar-refractivity contribution in [2.24, 2.45) is 0 Å². The van der Waals surface area contributed by atoms with E-state index in [-0.39, 0.29) is 23.9 Å². The van der Waals surface area contributed by atoms with Crippen molar-refractivity contribution in [3.8, 4) is 0 Å².